The first-order valence-corrected chi connectivity index (χ1v) is 5.60. The minimum absolute atomic E-state index is 0.171. The van der Waals surface area contributed by atoms with Crippen LogP contribution in [-0.4, -0.2) is 21.3 Å². The fraction of sp³-hybridized carbons (Fsp3) is 0.545. The summed E-state index contributed by atoms with van der Waals surface area (Å²) >= 11 is 0. The highest BCUT2D eigenvalue weighted by molar-refractivity contribution is 5.70. The average Bonchev–Trinajstić information content (AvgIpc) is 2.70. The number of aliphatic carboxylic acids is 1. The molecule has 6 heteroatoms. The Morgan fingerprint density at radius 3 is 2.65 bits per heavy atom. The van der Waals surface area contributed by atoms with Crippen molar-refractivity contribution in [3.63, 3.8) is 0 Å². The monoisotopic (exact) mass is 234 g/mol. The molecule has 0 unspecified atom stereocenters. The molecule has 0 aromatic carbocycles. The number of nitrogens with zero attached hydrogens (tertiary/aromatic N) is 2. The number of hydrogen-bond acceptors (Lipinski definition) is 4. The molecule has 90 valence electrons. The highest BCUT2D eigenvalue weighted by Crippen LogP contribution is 2.37. The van der Waals surface area contributed by atoms with Gasteiger partial charge in [0, 0.05) is 5.92 Å². The van der Waals surface area contributed by atoms with Crippen LogP contribution >= 0.6 is 0 Å². The van der Waals surface area contributed by atoms with Crippen LogP contribution in [0, 0.1) is 17.2 Å². The summed E-state index contributed by atoms with van der Waals surface area (Å²) in [5.41, 5.74) is 6.74. The number of hydrogen-bond donors (Lipinski definition) is 3. The number of rotatable bonds is 2. The van der Waals surface area contributed by atoms with Crippen LogP contribution in [0.5, 0.6) is 0 Å². The smallest absolute Gasteiger partial charge is 0.306 e. The van der Waals surface area contributed by atoms with Crippen molar-refractivity contribution in [3.05, 3.63) is 11.3 Å². The maximum Gasteiger partial charge on any atom is 0.306 e. The molecule has 17 heavy (non-hydrogen) atoms. The van der Waals surface area contributed by atoms with Crippen LogP contribution in [0.1, 0.15) is 42.9 Å². The lowest BCUT2D eigenvalue weighted by Crippen LogP contribution is -2.21. The van der Waals surface area contributed by atoms with Gasteiger partial charge in [-0.3, -0.25) is 9.89 Å². The first-order chi connectivity index (χ1) is 8.13. The number of anilines is 1. The van der Waals surface area contributed by atoms with E-state index in [4.69, 9.17) is 16.1 Å². The topological polar surface area (TPSA) is 116 Å². The number of nitriles is 1. The summed E-state index contributed by atoms with van der Waals surface area (Å²) in [4.78, 5) is 10.8. The fourth-order valence-corrected chi connectivity index (χ4v) is 2.41. The molecule has 1 aliphatic rings. The van der Waals surface area contributed by atoms with Gasteiger partial charge in [-0.15, -0.1) is 0 Å². The Kier molecular flexibility index (Phi) is 3.00. The minimum Gasteiger partial charge on any atom is -0.481 e. The lowest BCUT2D eigenvalue weighted by molar-refractivity contribution is -0.142. The number of aromatic amines is 1. The van der Waals surface area contributed by atoms with Crippen LogP contribution in [-0.2, 0) is 4.79 Å². The van der Waals surface area contributed by atoms with Crippen molar-refractivity contribution >= 4 is 11.8 Å². The van der Waals surface area contributed by atoms with Crippen molar-refractivity contribution < 1.29 is 9.90 Å². The van der Waals surface area contributed by atoms with Crippen molar-refractivity contribution in [1.82, 2.24) is 10.2 Å². The Morgan fingerprint density at radius 1 is 1.47 bits per heavy atom. The summed E-state index contributed by atoms with van der Waals surface area (Å²) in [6.07, 6.45) is 2.80. The van der Waals surface area contributed by atoms with Gasteiger partial charge in [-0.05, 0) is 25.7 Å². The Balaban J connectivity index is 2.11. The average molecular weight is 234 g/mol. The summed E-state index contributed by atoms with van der Waals surface area (Å²) in [6, 6.07) is 2.04. The zero-order valence-corrected chi connectivity index (χ0v) is 9.31. The van der Waals surface area contributed by atoms with Crippen LogP contribution in [0.15, 0.2) is 0 Å². The molecule has 0 spiro atoms. The van der Waals surface area contributed by atoms with Crippen molar-refractivity contribution in [3.8, 4) is 6.07 Å². The molecule has 0 amide bonds. The number of nitrogens with one attached hydrogen (secondary N) is 1. The molecule has 1 heterocycles. The lowest BCUT2D eigenvalue weighted by Gasteiger charge is -2.25. The van der Waals surface area contributed by atoms with Crippen LogP contribution in [0.25, 0.3) is 0 Å². The van der Waals surface area contributed by atoms with Crippen LogP contribution in [0.2, 0.25) is 0 Å². The van der Waals surface area contributed by atoms with Crippen molar-refractivity contribution in [2.45, 2.75) is 31.6 Å². The first kappa shape index (κ1) is 11.5. The normalized spacial score (nSPS) is 24.2. The first-order valence-electron chi connectivity index (χ1n) is 5.60. The van der Waals surface area contributed by atoms with Gasteiger partial charge in [0.05, 0.1) is 11.6 Å². The number of carbonyl (C=O) groups is 1. The van der Waals surface area contributed by atoms with Crippen LogP contribution in [0.3, 0.4) is 0 Å². The second-order valence-electron chi connectivity index (χ2n) is 4.40. The molecule has 1 aromatic heterocycles. The number of nitrogens with two attached hydrogens (primary N) is 1. The molecule has 0 saturated heterocycles. The van der Waals surface area contributed by atoms with Gasteiger partial charge in [0.2, 0.25) is 0 Å². The molecule has 1 aliphatic carbocycles. The molecule has 1 fully saturated rings. The van der Waals surface area contributed by atoms with Gasteiger partial charge in [-0.1, -0.05) is 0 Å². The summed E-state index contributed by atoms with van der Waals surface area (Å²) < 4.78 is 0. The van der Waals surface area contributed by atoms with E-state index in [0.717, 1.165) is 18.5 Å². The Bertz CT molecular complexity index is 466. The predicted octanol–water partition coefficient (Wildman–Crippen LogP) is 1.22. The third-order valence-corrected chi connectivity index (χ3v) is 3.42. The molecule has 0 bridgehead atoms. The SMILES string of the molecule is N#Cc1c(N)n[nH]c1C1CCC(C(=O)O)CC1. The van der Waals surface area contributed by atoms with Gasteiger partial charge in [-0.2, -0.15) is 10.4 Å². The second-order valence-corrected chi connectivity index (χ2v) is 4.40. The molecule has 1 saturated carbocycles. The van der Waals surface area contributed by atoms with E-state index in [1.807, 2.05) is 6.07 Å². The van der Waals surface area contributed by atoms with Crippen molar-refractivity contribution in [2.24, 2.45) is 5.92 Å². The third kappa shape index (κ3) is 2.09. The molecular formula is C11H14N4O2. The molecule has 0 atom stereocenters. The van der Waals surface area contributed by atoms with Crippen LogP contribution < -0.4 is 5.73 Å². The number of aromatic nitrogens is 2. The lowest BCUT2D eigenvalue weighted by atomic mass is 9.80. The molecule has 4 N–H and O–H groups in total. The van der Waals surface area contributed by atoms with Crippen molar-refractivity contribution in [2.75, 3.05) is 5.73 Å². The van der Waals surface area contributed by atoms with E-state index in [0.29, 0.717) is 18.4 Å². The van der Waals surface area contributed by atoms with Gasteiger partial charge in [0.15, 0.2) is 5.82 Å². The van der Waals surface area contributed by atoms with E-state index in [9.17, 15) is 4.79 Å². The summed E-state index contributed by atoms with van der Waals surface area (Å²) in [5.74, 6) is -0.585. The Labute approximate surface area is 98.4 Å². The van der Waals surface area contributed by atoms with Crippen LogP contribution in [0.4, 0.5) is 5.82 Å². The highest BCUT2D eigenvalue weighted by atomic mass is 16.4. The van der Waals surface area contributed by atoms with Crippen molar-refractivity contribution in [1.29, 1.82) is 5.26 Å². The molecule has 2 rings (SSSR count). The van der Waals surface area contributed by atoms with E-state index in [1.54, 1.807) is 0 Å². The summed E-state index contributed by atoms with van der Waals surface area (Å²) in [7, 11) is 0. The highest BCUT2D eigenvalue weighted by Gasteiger charge is 2.29. The standard InChI is InChI=1S/C11H14N4O2/c12-5-8-9(14-15-10(8)13)6-1-3-7(4-2-6)11(16)17/h6-7H,1-4H2,(H,16,17)(H3,13,14,15). The molecule has 0 radical (unpaired) electrons. The zero-order chi connectivity index (χ0) is 12.4. The summed E-state index contributed by atoms with van der Waals surface area (Å²) in [5, 5.41) is 24.5. The minimum atomic E-state index is -0.729. The maximum atomic E-state index is 10.8. The van der Waals surface area contributed by atoms with Gasteiger partial charge < -0.3 is 10.8 Å². The number of H-pyrrole nitrogens is 1. The van der Waals surface area contributed by atoms with Gasteiger partial charge in [0.1, 0.15) is 11.6 Å². The van der Waals surface area contributed by atoms with Gasteiger partial charge in [-0.25, -0.2) is 0 Å². The third-order valence-electron chi connectivity index (χ3n) is 3.42. The van der Waals surface area contributed by atoms with E-state index in [1.165, 1.54) is 0 Å². The zero-order valence-electron chi connectivity index (χ0n) is 9.31. The quantitative estimate of drug-likeness (QED) is 0.711. The molecule has 6 nitrogen and oxygen atoms in total. The van der Waals surface area contributed by atoms with E-state index >= 15 is 0 Å². The number of carboxylic acid groups (broad SMARTS) is 1. The van der Waals surface area contributed by atoms with Gasteiger partial charge in [0.25, 0.3) is 0 Å². The predicted molar refractivity (Wildman–Crippen MR) is 60.0 cm³/mol. The Morgan fingerprint density at radius 2 is 2.12 bits per heavy atom. The van der Waals surface area contributed by atoms with E-state index in [2.05, 4.69) is 10.2 Å². The molecule has 0 aliphatic heterocycles. The number of carboxylic acids is 1. The fourth-order valence-electron chi connectivity index (χ4n) is 2.41. The number of nitrogen functional groups attached to an aromatic ring is 1. The Hall–Kier alpha value is -2.03. The molecule has 1 aromatic rings. The van der Waals surface area contributed by atoms with Gasteiger partial charge >= 0.3 is 5.97 Å². The van der Waals surface area contributed by atoms with E-state index in [-0.39, 0.29) is 17.7 Å². The molecular weight excluding hydrogens is 220 g/mol. The largest absolute Gasteiger partial charge is 0.481 e. The summed E-state index contributed by atoms with van der Waals surface area (Å²) in [6.45, 7) is 0. The maximum absolute atomic E-state index is 10.8. The second kappa shape index (κ2) is 4.45. The van der Waals surface area contributed by atoms with E-state index < -0.39 is 5.97 Å².